The number of rotatable bonds is 3. The molecule has 0 amide bonds. The molecule has 2 rings (SSSR count). The van der Waals surface area contributed by atoms with Gasteiger partial charge < -0.3 is 15.4 Å². The first-order chi connectivity index (χ1) is 11.1. The molecule has 1 saturated heterocycles. The lowest BCUT2D eigenvalue weighted by Crippen LogP contribution is -2.52. The van der Waals surface area contributed by atoms with Crippen molar-refractivity contribution in [3.8, 4) is 5.75 Å². The van der Waals surface area contributed by atoms with Gasteiger partial charge in [0.2, 0.25) is 0 Å². The first-order valence-electron chi connectivity index (χ1n) is 8.77. The Kier molecular flexibility index (Phi) is 5.41. The molecule has 1 aromatic carbocycles. The molecule has 0 aromatic heterocycles. The lowest BCUT2D eigenvalue weighted by atomic mass is 9.78. The predicted octanol–water partition coefficient (Wildman–Crippen LogP) is 3.03. The molecule has 1 heterocycles. The highest BCUT2D eigenvalue weighted by atomic mass is 16.5. The van der Waals surface area contributed by atoms with Gasteiger partial charge in [-0.2, -0.15) is 0 Å². The van der Waals surface area contributed by atoms with Gasteiger partial charge >= 0.3 is 0 Å². The Labute approximate surface area is 146 Å². The maximum Gasteiger partial charge on any atom is 0.184 e. The average Bonchev–Trinajstić information content (AvgIpc) is 2.52. The number of hydrogen-bond donors (Lipinski definition) is 2. The molecule has 0 spiro atoms. The fourth-order valence-electron chi connectivity index (χ4n) is 3.05. The molecule has 4 heteroatoms. The largest absolute Gasteiger partial charge is 0.496 e. The smallest absolute Gasteiger partial charge is 0.184 e. The molecule has 1 aliphatic heterocycles. The van der Waals surface area contributed by atoms with Gasteiger partial charge in [-0.15, -0.1) is 0 Å². The number of piperazine rings is 1. The van der Waals surface area contributed by atoms with Gasteiger partial charge in [-0.3, -0.25) is 4.79 Å². The van der Waals surface area contributed by atoms with E-state index in [1.54, 1.807) is 7.11 Å². The third-order valence-electron chi connectivity index (χ3n) is 4.59. The first kappa shape index (κ1) is 18.9. The molecule has 0 aliphatic carbocycles. The summed E-state index contributed by atoms with van der Waals surface area (Å²) < 4.78 is 5.71. The lowest BCUT2D eigenvalue weighted by molar-refractivity contribution is 0.0931. The van der Waals surface area contributed by atoms with E-state index in [4.69, 9.17) is 4.74 Å². The van der Waals surface area contributed by atoms with Crippen molar-refractivity contribution in [2.75, 3.05) is 26.7 Å². The Morgan fingerprint density at radius 2 is 1.75 bits per heavy atom. The van der Waals surface area contributed by atoms with E-state index in [-0.39, 0.29) is 22.7 Å². The molecule has 1 unspecified atom stereocenters. The van der Waals surface area contributed by atoms with Crippen LogP contribution in [0.4, 0.5) is 0 Å². The zero-order chi connectivity index (χ0) is 18.1. The van der Waals surface area contributed by atoms with Crippen LogP contribution in [0.25, 0.3) is 0 Å². The minimum absolute atomic E-state index is 0.0282. The minimum Gasteiger partial charge on any atom is -0.496 e. The van der Waals surface area contributed by atoms with Gasteiger partial charge in [0.05, 0.1) is 18.7 Å². The topological polar surface area (TPSA) is 50.4 Å². The second-order valence-corrected chi connectivity index (χ2v) is 8.68. The van der Waals surface area contributed by atoms with E-state index in [1.165, 1.54) is 5.56 Å². The van der Waals surface area contributed by atoms with Crippen LogP contribution in [0.5, 0.6) is 5.75 Å². The van der Waals surface area contributed by atoms with Crippen LogP contribution in [0.15, 0.2) is 12.1 Å². The summed E-state index contributed by atoms with van der Waals surface area (Å²) in [6.45, 7) is 15.4. The first-order valence-corrected chi connectivity index (χ1v) is 8.77. The van der Waals surface area contributed by atoms with E-state index in [0.717, 1.165) is 18.7 Å². The highest BCUT2D eigenvalue weighted by Gasteiger charge is 2.31. The number of ether oxygens (including phenoxy) is 1. The van der Waals surface area contributed by atoms with Crippen molar-refractivity contribution >= 4 is 5.78 Å². The Balaban J connectivity index is 2.61. The highest BCUT2D eigenvalue weighted by molar-refractivity contribution is 6.03. The van der Waals surface area contributed by atoms with Gasteiger partial charge in [-0.05, 0) is 22.5 Å². The Morgan fingerprint density at radius 3 is 2.21 bits per heavy atom. The number of benzene rings is 1. The molecule has 1 aliphatic rings. The van der Waals surface area contributed by atoms with E-state index >= 15 is 0 Å². The van der Waals surface area contributed by atoms with Crippen molar-refractivity contribution in [2.45, 2.75) is 58.4 Å². The van der Waals surface area contributed by atoms with Gasteiger partial charge in [0.25, 0.3) is 0 Å². The van der Waals surface area contributed by atoms with Crippen LogP contribution in [0.1, 0.15) is 63.0 Å². The summed E-state index contributed by atoms with van der Waals surface area (Å²) >= 11 is 0. The Morgan fingerprint density at radius 1 is 1.08 bits per heavy atom. The van der Waals surface area contributed by atoms with E-state index in [0.29, 0.717) is 17.9 Å². The van der Waals surface area contributed by atoms with Crippen LogP contribution in [0, 0.1) is 0 Å². The molecule has 2 N–H and O–H groups in total. The zero-order valence-corrected chi connectivity index (χ0v) is 16.2. The third kappa shape index (κ3) is 3.98. The summed E-state index contributed by atoms with van der Waals surface area (Å²) in [6, 6.07) is 4.02. The van der Waals surface area contributed by atoms with Crippen molar-refractivity contribution in [1.82, 2.24) is 10.6 Å². The molecule has 1 fully saturated rings. The highest BCUT2D eigenvalue weighted by Crippen LogP contribution is 2.38. The van der Waals surface area contributed by atoms with Crippen LogP contribution >= 0.6 is 0 Å². The predicted molar refractivity (Wildman–Crippen MR) is 99.4 cm³/mol. The van der Waals surface area contributed by atoms with E-state index in [2.05, 4.69) is 58.2 Å². The SMILES string of the molecule is COc1c(C(=O)C2CNCCN2)cc(C(C)(C)C)cc1C(C)(C)C. The number of hydrogen-bond acceptors (Lipinski definition) is 4. The van der Waals surface area contributed by atoms with E-state index < -0.39 is 0 Å². The number of methoxy groups -OCH3 is 1. The van der Waals surface area contributed by atoms with Gasteiger partial charge in [-0.25, -0.2) is 0 Å². The normalized spacial score (nSPS) is 19.2. The maximum absolute atomic E-state index is 13.2. The molecule has 0 radical (unpaired) electrons. The standard InChI is InChI=1S/C20H32N2O2/c1-19(2,3)13-10-14(17(23)16-12-21-8-9-22-16)18(24-7)15(11-13)20(4,5)6/h10-11,16,21-22H,8-9,12H2,1-7H3. The summed E-state index contributed by atoms with van der Waals surface area (Å²) in [4.78, 5) is 13.2. The lowest BCUT2D eigenvalue weighted by Gasteiger charge is -2.30. The van der Waals surface area contributed by atoms with Gasteiger partial charge in [0, 0.05) is 25.2 Å². The van der Waals surface area contributed by atoms with Crippen LogP contribution in [0.2, 0.25) is 0 Å². The van der Waals surface area contributed by atoms with E-state index in [9.17, 15) is 4.79 Å². The molecule has 1 atom stereocenters. The monoisotopic (exact) mass is 332 g/mol. The number of nitrogens with one attached hydrogen (secondary N) is 2. The Bertz CT molecular complexity index is 603. The fraction of sp³-hybridized carbons (Fsp3) is 0.650. The van der Waals surface area contributed by atoms with Gasteiger partial charge in [0.15, 0.2) is 5.78 Å². The van der Waals surface area contributed by atoms with Gasteiger partial charge in [0.1, 0.15) is 5.75 Å². The van der Waals surface area contributed by atoms with Crippen LogP contribution < -0.4 is 15.4 Å². The number of carbonyl (C=O) groups excluding carboxylic acids is 1. The number of Topliss-reactive ketones (excluding diaryl/α,β-unsaturated/α-hetero) is 1. The van der Waals surface area contributed by atoms with Gasteiger partial charge in [-0.1, -0.05) is 47.6 Å². The van der Waals surface area contributed by atoms with Crippen molar-refractivity contribution in [1.29, 1.82) is 0 Å². The summed E-state index contributed by atoms with van der Waals surface area (Å²) in [5, 5.41) is 6.61. The second kappa shape index (κ2) is 6.85. The molecule has 0 saturated carbocycles. The van der Waals surface area contributed by atoms with Crippen LogP contribution in [-0.4, -0.2) is 38.6 Å². The van der Waals surface area contributed by atoms with Crippen molar-refractivity contribution in [3.05, 3.63) is 28.8 Å². The summed E-state index contributed by atoms with van der Waals surface area (Å²) in [7, 11) is 1.66. The summed E-state index contributed by atoms with van der Waals surface area (Å²) in [5.74, 6) is 0.823. The number of ketones is 1. The van der Waals surface area contributed by atoms with Crippen molar-refractivity contribution in [2.24, 2.45) is 0 Å². The number of carbonyl (C=O) groups is 1. The maximum atomic E-state index is 13.2. The van der Waals surface area contributed by atoms with Crippen LogP contribution in [0.3, 0.4) is 0 Å². The minimum atomic E-state index is -0.198. The van der Waals surface area contributed by atoms with Crippen molar-refractivity contribution < 1.29 is 9.53 Å². The molecule has 4 nitrogen and oxygen atoms in total. The molecule has 1 aromatic rings. The Hall–Kier alpha value is -1.39. The fourth-order valence-corrected chi connectivity index (χ4v) is 3.05. The summed E-state index contributed by atoms with van der Waals surface area (Å²) in [6.07, 6.45) is 0. The zero-order valence-electron chi connectivity index (χ0n) is 16.2. The second-order valence-electron chi connectivity index (χ2n) is 8.68. The average molecular weight is 332 g/mol. The molecular formula is C20H32N2O2. The third-order valence-corrected chi connectivity index (χ3v) is 4.59. The molecule has 0 bridgehead atoms. The quantitative estimate of drug-likeness (QED) is 0.836. The molecule has 134 valence electrons. The summed E-state index contributed by atoms with van der Waals surface area (Å²) in [5.41, 5.74) is 2.82. The van der Waals surface area contributed by atoms with Crippen LogP contribution in [-0.2, 0) is 10.8 Å². The van der Waals surface area contributed by atoms with Crippen molar-refractivity contribution in [3.63, 3.8) is 0 Å². The molecular weight excluding hydrogens is 300 g/mol. The molecule has 24 heavy (non-hydrogen) atoms. The van der Waals surface area contributed by atoms with E-state index in [1.807, 2.05) is 6.07 Å².